The number of benzene rings is 2. The number of ketones is 1. The number of rotatable bonds is 8. The van der Waals surface area contributed by atoms with E-state index in [0.29, 0.717) is 33.8 Å². The van der Waals surface area contributed by atoms with Gasteiger partial charge in [-0.2, -0.15) is 0 Å². The zero-order valence-electron chi connectivity index (χ0n) is 15.6. The maximum atomic E-state index is 12.3. The van der Waals surface area contributed by atoms with Crippen molar-refractivity contribution in [3.8, 4) is 22.8 Å². The van der Waals surface area contributed by atoms with Gasteiger partial charge in [-0.05, 0) is 19.1 Å². The highest BCUT2D eigenvalue weighted by Gasteiger charge is 2.18. The normalized spacial score (nSPS) is 10.4. The van der Waals surface area contributed by atoms with Gasteiger partial charge in [0.25, 0.3) is 5.91 Å². The molecule has 6 nitrogen and oxygen atoms in total. The Morgan fingerprint density at radius 2 is 1.64 bits per heavy atom. The van der Waals surface area contributed by atoms with E-state index in [2.05, 4.69) is 10.3 Å². The van der Waals surface area contributed by atoms with Crippen LogP contribution < -0.4 is 14.8 Å². The Kier molecular flexibility index (Phi) is 6.39. The van der Waals surface area contributed by atoms with Gasteiger partial charge in [0.05, 0.1) is 17.2 Å². The topological polar surface area (TPSA) is 77.5 Å². The Labute approximate surface area is 167 Å². The summed E-state index contributed by atoms with van der Waals surface area (Å²) in [5.41, 5.74) is 1.39. The fourth-order valence-electron chi connectivity index (χ4n) is 2.55. The van der Waals surface area contributed by atoms with Gasteiger partial charge >= 0.3 is 0 Å². The minimum absolute atomic E-state index is 0.0984. The maximum Gasteiger partial charge on any atom is 0.264 e. The number of Topliss-reactive ketones (excluding diaryl/α,β-unsaturated/α-hetero) is 1. The number of nitrogens with zero attached hydrogens (tertiary/aromatic N) is 1. The first-order chi connectivity index (χ1) is 13.6. The van der Waals surface area contributed by atoms with Crippen LogP contribution in [0.1, 0.15) is 23.5 Å². The number of nitrogens with one attached hydrogen (secondary N) is 1. The predicted molar refractivity (Wildman–Crippen MR) is 109 cm³/mol. The molecule has 2 aromatic carbocycles. The summed E-state index contributed by atoms with van der Waals surface area (Å²) in [6, 6.07) is 16.6. The summed E-state index contributed by atoms with van der Waals surface area (Å²) in [7, 11) is 0. The first-order valence-electron chi connectivity index (χ1n) is 8.80. The molecule has 0 unspecified atom stereocenters. The molecule has 3 aromatic rings. The lowest BCUT2D eigenvalue weighted by molar-refractivity contribution is -0.118. The Hall–Kier alpha value is -3.19. The quantitative estimate of drug-likeness (QED) is 0.570. The number of carbonyl (C=O) groups is 2. The molecule has 0 aliphatic carbocycles. The van der Waals surface area contributed by atoms with Crippen LogP contribution in [0.3, 0.4) is 0 Å². The monoisotopic (exact) mass is 396 g/mol. The molecule has 0 aliphatic heterocycles. The summed E-state index contributed by atoms with van der Waals surface area (Å²) in [4.78, 5) is 29.2. The highest BCUT2D eigenvalue weighted by Crippen LogP contribution is 2.31. The number of hydrogen-bond donors (Lipinski definition) is 1. The summed E-state index contributed by atoms with van der Waals surface area (Å²) >= 11 is 1.15. The zero-order chi connectivity index (χ0) is 19.9. The Morgan fingerprint density at radius 1 is 1.00 bits per heavy atom. The highest BCUT2D eigenvalue weighted by atomic mass is 32.1. The molecule has 0 saturated heterocycles. The molecule has 0 aliphatic rings. The van der Waals surface area contributed by atoms with Crippen molar-refractivity contribution >= 4 is 28.2 Å². The summed E-state index contributed by atoms with van der Waals surface area (Å²) in [5.74, 6) is 0.610. The van der Waals surface area contributed by atoms with Crippen molar-refractivity contribution in [3.63, 3.8) is 0 Å². The second-order valence-corrected chi connectivity index (χ2v) is 6.83. The number of para-hydroxylation sites is 2. The molecule has 144 valence electrons. The number of thiazole rings is 1. The molecule has 0 bridgehead atoms. The van der Waals surface area contributed by atoms with Gasteiger partial charge in [-0.1, -0.05) is 53.8 Å². The first-order valence-corrected chi connectivity index (χ1v) is 9.61. The number of anilines is 1. The molecule has 28 heavy (non-hydrogen) atoms. The van der Waals surface area contributed by atoms with Gasteiger partial charge in [0.2, 0.25) is 0 Å². The number of carbonyl (C=O) groups excluding carboxylic acids is 2. The van der Waals surface area contributed by atoms with Crippen LogP contribution in [0.25, 0.3) is 11.3 Å². The number of ether oxygens (including phenoxy) is 2. The Balaban J connectivity index is 1.70. The molecule has 7 heteroatoms. The molecular formula is C21H20N2O4S. The summed E-state index contributed by atoms with van der Waals surface area (Å²) in [6.07, 6.45) is 0. The molecular weight excluding hydrogens is 376 g/mol. The smallest absolute Gasteiger partial charge is 0.264 e. The van der Waals surface area contributed by atoms with Crippen LogP contribution in [0.2, 0.25) is 0 Å². The van der Waals surface area contributed by atoms with Crippen molar-refractivity contribution < 1.29 is 19.1 Å². The van der Waals surface area contributed by atoms with Crippen molar-refractivity contribution in [1.82, 2.24) is 4.98 Å². The fourth-order valence-corrected chi connectivity index (χ4v) is 3.45. The minimum Gasteiger partial charge on any atom is -0.490 e. The van der Waals surface area contributed by atoms with E-state index in [0.717, 1.165) is 16.9 Å². The van der Waals surface area contributed by atoms with E-state index in [-0.39, 0.29) is 18.3 Å². The predicted octanol–water partition coefficient (Wildman–Crippen LogP) is 4.43. The van der Waals surface area contributed by atoms with Gasteiger partial charge < -0.3 is 9.47 Å². The molecule has 1 N–H and O–H groups in total. The van der Waals surface area contributed by atoms with Crippen molar-refractivity contribution in [2.24, 2.45) is 0 Å². The maximum absolute atomic E-state index is 12.3. The average molecular weight is 396 g/mol. The van der Waals surface area contributed by atoms with Crippen LogP contribution in [-0.2, 0) is 4.79 Å². The van der Waals surface area contributed by atoms with Gasteiger partial charge in [-0.15, -0.1) is 0 Å². The summed E-state index contributed by atoms with van der Waals surface area (Å²) < 4.78 is 11.0. The summed E-state index contributed by atoms with van der Waals surface area (Å²) in [6.45, 7) is 3.67. The van der Waals surface area contributed by atoms with E-state index < -0.39 is 0 Å². The second kappa shape index (κ2) is 9.14. The van der Waals surface area contributed by atoms with Crippen LogP contribution in [-0.4, -0.2) is 29.9 Å². The van der Waals surface area contributed by atoms with Crippen LogP contribution in [0.5, 0.6) is 11.5 Å². The molecule has 0 radical (unpaired) electrons. The third kappa shape index (κ3) is 4.75. The van der Waals surface area contributed by atoms with Gasteiger partial charge in [0.1, 0.15) is 0 Å². The average Bonchev–Trinajstić information content (AvgIpc) is 3.12. The summed E-state index contributed by atoms with van der Waals surface area (Å²) in [5, 5.41) is 3.06. The van der Waals surface area contributed by atoms with Gasteiger partial charge in [-0.25, -0.2) is 4.98 Å². The third-order valence-corrected chi connectivity index (χ3v) is 4.82. The minimum atomic E-state index is -0.366. The molecule has 1 amide bonds. The van der Waals surface area contributed by atoms with E-state index in [1.165, 1.54) is 6.92 Å². The molecule has 0 fully saturated rings. The fraction of sp³-hybridized carbons (Fsp3) is 0.190. The molecule has 0 saturated carbocycles. The van der Waals surface area contributed by atoms with Crippen molar-refractivity contribution in [3.05, 3.63) is 59.5 Å². The molecule has 0 spiro atoms. The number of aromatic nitrogens is 1. The van der Waals surface area contributed by atoms with Gasteiger partial charge in [0.15, 0.2) is 29.0 Å². The molecule has 3 rings (SSSR count). The number of hydrogen-bond acceptors (Lipinski definition) is 6. The van der Waals surface area contributed by atoms with E-state index in [4.69, 9.17) is 9.47 Å². The Bertz CT molecular complexity index is 970. The van der Waals surface area contributed by atoms with Crippen LogP contribution in [0.15, 0.2) is 54.6 Å². The zero-order valence-corrected chi connectivity index (χ0v) is 16.4. The van der Waals surface area contributed by atoms with Crippen molar-refractivity contribution in [2.45, 2.75) is 13.8 Å². The van der Waals surface area contributed by atoms with Gasteiger partial charge in [0, 0.05) is 12.5 Å². The molecule has 0 atom stereocenters. The largest absolute Gasteiger partial charge is 0.490 e. The van der Waals surface area contributed by atoms with Crippen molar-refractivity contribution in [1.29, 1.82) is 0 Å². The lowest BCUT2D eigenvalue weighted by atomic mass is 10.1. The van der Waals surface area contributed by atoms with Crippen LogP contribution in [0.4, 0.5) is 5.13 Å². The lowest BCUT2D eigenvalue weighted by Crippen LogP contribution is -2.20. The van der Waals surface area contributed by atoms with E-state index >= 15 is 0 Å². The first kappa shape index (κ1) is 19.6. The van der Waals surface area contributed by atoms with E-state index in [1.807, 2.05) is 49.4 Å². The van der Waals surface area contributed by atoms with Gasteiger partial charge in [-0.3, -0.25) is 14.9 Å². The van der Waals surface area contributed by atoms with E-state index in [1.54, 1.807) is 12.1 Å². The lowest BCUT2D eigenvalue weighted by Gasteiger charge is -2.10. The molecule has 1 heterocycles. The van der Waals surface area contributed by atoms with Crippen LogP contribution in [0, 0.1) is 0 Å². The van der Waals surface area contributed by atoms with E-state index in [9.17, 15) is 9.59 Å². The SMILES string of the molecule is CCOc1ccccc1OCC(=O)Nc1nc(-c2ccccc2)c(C(C)=O)s1. The van der Waals surface area contributed by atoms with Crippen LogP contribution >= 0.6 is 11.3 Å². The second-order valence-electron chi connectivity index (χ2n) is 5.84. The third-order valence-electron chi connectivity index (χ3n) is 3.75. The number of amides is 1. The highest BCUT2D eigenvalue weighted by molar-refractivity contribution is 7.18. The standard InChI is InChI=1S/C21H20N2O4S/c1-3-26-16-11-7-8-12-17(16)27-13-18(25)22-21-23-19(20(28-21)14(2)24)15-9-5-4-6-10-15/h4-12H,3,13H2,1-2H3,(H,22,23,25). The molecule has 1 aromatic heterocycles. The Morgan fingerprint density at radius 3 is 2.29 bits per heavy atom. The van der Waals surface area contributed by atoms with Crippen molar-refractivity contribution in [2.75, 3.05) is 18.5 Å².